The predicted octanol–water partition coefficient (Wildman–Crippen LogP) is 1.35. The fourth-order valence-electron chi connectivity index (χ4n) is 2.24. The van der Waals surface area contributed by atoms with Crippen LogP contribution in [0.2, 0.25) is 0 Å². The van der Waals surface area contributed by atoms with Gasteiger partial charge in [-0.2, -0.15) is 0 Å². The molecule has 2 rings (SSSR count). The van der Waals surface area contributed by atoms with Crippen LogP contribution in [0.4, 0.5) is 0 Å². The van der Waals surface area contributed by atoms with Crippen molar-refractivity contribution in [2.45, 2.75) is 31.4 Å². The molecule has 0 aromatic heterocycles. The highest BCUT2D eigenvalue weighted by atomic mass is 16.3. The Balaban J connectivity index is 2.04. The predicted molar refractivity (Wildman–Crippen MR) is 67.7 cm³/mol. The first-order chi connectivity index (χ1) is 8.13. The van der Waals surface area contributed by atoms with Gasteiger partial charge >= 0.3 is 0 Å². The lowest BCUT2D eigenvalue weighted by Crippen LogP contribution is -2.41. The molecule has 0 radical (unpaired) electrons. The Morgan fingerprint density at radius 1 is 1.29 bits per heavy atom. The van der Waals surface area contributed by atoms with Crippen LogP contribution in [0.25, 0.3) is 0 Å². The van der Waals surface area contributed by atoms with E-state index in [0.29, 0.717) is 19.1 Å². The Kier molecular flexibility index (Phi) is 3.82. The molecule has 3 heteroatoms. The van der Waals surface area contributed by atoms with E-state index in [4.69, 9.17) is 5.11 Å². The van der Waals surface area contributed by atoms with Gasteiger partial charge in [0.1, 0.15) is 0 Å². The Labute approximate surface area is 103 Å². The number of aliphatic hydroxyl groups is 2. The first-order valence-corrected chi connectivity index (χ1v) is 6.26. The molecule has 1 saturated carbocycles. The maximum Gasteiger partial charge on any atom is 0.0994 e. The molecule has 2 N–H and O–H groups in total. The van der Waals surface area contributed by atoms with Gasteiger partial charge in [0.25, 0.3) is 0 Å². The third-order valence-corrected chi connectivity index (χ3v) is 3.36. The van der Waals surface area contributed by atoms with Gasteiger partial charge in [-0.3, -0.25) is 4.90 Å². The number of hydrogen-bond donors (Lipinski definition) is 2. The van der Waals surface area contributed by atoms with Gasteiger partial charge in [-0.15, -0.1) is 0 Å². The van der Waals surface area contributed by atoms with E-state index in [1.165, 1.54) is 12.8 Å². The van der Waals surface area contributed by atoms with Crippen molar-refractivity contribution in [1.82, 2.24) is 4.90 Å². The largest absolute Gasteiger partial charge is 0.395 e. The third kappa shape index (κ3) is 3.28. The van der Waals surface area contributed by atoms with Crippen LogP contribution >= 0.6 is 0 Å². The molecule has 1 atom stereocenters. The summed E-state index contributed by atoms with van der Waals surface area (Å²) in [4.78, 5) is 2.19. The average molecular weight is 235 g/mol. The Morgan fingerprint density at radius 3 is 2.47 bits per heavy atom. The van der Waals surface area contributed by atoms with E-state index in [-0.39, 0.29) is 6.61 Å². The topological polar surface area (TPSA) is 43.7 Å². The minimum absolute atomic E-state index is 0.154. The number of aliphatic hydroxyl groups excluding tert-OH is 1. The molecule has 0 amide bonds. The second-order valence-corrected chi connectivity index (χ2v) is 5.07. The zero-order chi connectivity index (χ0) is 12.3. The molecule has 0 aliphatic heterocycles. The monoisotopic (exact) mass is 235 g/mol. The van der Waals surface area contributed by atoms with Crippen molar-refractivity contribution in [3.05, 3.63) is 35.9 Å². The van der Waals surface area contributed by atoms with Crippen molar-refractivity contribution in [3.8, 4) is 0 Å². The summed E-state index contributed by atoms with van der Waals surface area (Å²) in [6, 6.07) is 10.3. The van der Waals surface area contributed by atoms with Crippen molar-refractivity contribution in [2.24, 2.45) is 0 Å². The highest BCUT2D eigenvalue weighted by molar-refractivity contribution is 5.22. The first kappa shape index (κ1) is 12.6. The lowest BCUT2D eigenvalue weighted by molar-refractivity contribution is 0.00867. The van der Waals surface area contributed by atoms with Crippen LogP contribution in [0.3, 0.4) is 0 Å². The smallest absolute Gasteiger partial charge is 0.0994 e. The quantitative estimate of drug-likeness (QED) is 0.782. The number of hydrogen-bond acceptors (Lipinski definition) is 3. The van der Waals surface area contributed by atoms with Gasteiger partial charge in [-0.05, 0) is 25.3 Å². The molecule has 0 saturated heterocycles. The highest BCUT2D eigenvalue weighted by Gasteiger charge is 2.34. The maximum absolute atomic E-state index is 10.5. The standard InChI is InChI=1S/C14H21NO2/c1-14(17,12-5-3-2-4-6-12)11-15(9-10-16)13-7-8-13/h2-6,13,16-17H,7-11H2,1H3. The summed E-state index contributed by atoms with van der Waals surface area (Å²) in [6.45, 7) is 3.23. The molecule has 0 spiro atoms. The number of benzene rings is 1. The first-order valence-electron chi connectivity index (χ1n) is 6.26. The summed E-state index contributed by atoms with van der Waals surface area (Å²) in [6.07, 6.45) is 2.37. The Bertz CT molecular complexity index is 346. The normalized spacial score (nSPS) is 19.3. The summed E-state index contributed by atoms with van der Waals surface area (Å²) in [5.41, 5.74) is 0.0857. The molecule has 0 heterocycles. The van der Waals surface area contributed by atoms with Crippen LogP contribution in [0.15, 0.2) is 30.3 Å². The van der Waals surface area contributed by atoms with Crippen molar-refractivity contribution in [2.75, 3.05) is 19.7 Å². The molecule has 1 aliphatic carbocycles. The molecular formula is C14H21NO2. The van der Waals surface area contributed by atoms with E-state index < -0.39 is 5.60 Å². The average Bonchev–Trinajstić information content (AvgIpc) is 3.13. The zero-order valence-corrected chi connectivity index (χ0v) is 10.3. The zero-order valence-electron chi connectivity index (χ0n) is 10.3. The van der Waals surface area contributed by atoms with E-state index in [2.05, 4.69) is 4.90 Å². The SMILES string of the molecule is CC(O)(CN(CCO)C1CC1)c1ccccc1. The molecular weight excluding hydrogens is 214 g/mol. The minimum atomic E-state index is -0.848. The van der Waals surface area contributed by atoms with Crippen molar-refractivity contribution < 1.29 is 10.2 Å². The molecule has 0 bridgehead atoms. The fraction of sp³-hybridized carbons (Fsp3) is 0.571. The van der Waals surface area contributed by atoms with Gasteiger partial charge in [0, 0.05) is 19.1 Å². The molecule has 1 aromatic carbocycles. The van der Waals surface area contributed by atoms with Gasteiger partial charge < -0.3 is 10.2 Å². The van der Waals surface area contributed by atoms with Crippen LogP contribution in [0.1, 0.15) is 25.3 Å². The summed E-state index contributed by atoms with van der Waals surface area (Å²) >= 11 is 0. The van der Waals surface area contributed by atoms with Gasteiger partial charge in [0.15, 0.2) is 0 Å². The molecule has 1 unspecified atom stereocenters. The van der Waals surface area contributed by atoms with Gasteiger partial charge in [-0.1, -0.05) is 30.3 Å². The second kappa shape index (κ2) is 5.17. The fourth-order valence-corrected chi connectivity index (χ4v) is 2.24. The molecule has 1 aromatic rings. The number of rotatable bonds is 6. The molecule has 94 valence electrons. The molecule has 17 heavy (non-hydrogen) atoms. The van der Waals surface area contributed by atoms with E-state index in [9.17, 15) is 5.11 Å². The van der Waals surface area contributed by atoms with E-state index in [1.54, 1.807) is 0 Å². The third-order valence-electron chi connectivity index (χ3n) is 3.36. The van der Waals surface area contributed by atoms with E-state index >= 15 is 0 Å². The van der Waals surface area contributed by atoms with Crippen LogP contribution in [0, 0.1) is 0 Å². The second-order valence-electron chi connectivity index (χ2n) is 5.07. The molecule has 1 fully saturated rings. The van der Waals surface area contributed by atoms with Gasteiger partial charge in [0.2, 0.25) is 0 Å². The Hall–Kier alpha value is -0.900. The van der Waals surface area contributed by atoms with Crippen molar-refractivity contribution in [3.63, 3.8) is 0 Å². The molecule has 3 nitrogen and oxygen atoms in total. The summed E-state index contributed by atoms with van der Waals surface area (Å²) in [7, 11) is 0. The van der Waals surface area contributed by atoms with E-state index in [1.807, 2.05) is 37.3 Å². The number of nitrogens with zero attached hydrogens (tertiary/aromatic N) is 1. The minimum Gasteiger partial charge on any atom is -0.395 e. The lowest BCUT2D eigenvalue weighted by atomic mass is 9.95. The lowest BCUT2D eigenvalue weighted by Gasteiger charge is -2.31. The van der Waals surface area contributed by atoms with Crippen LogP contribution in [-0.4, -0.2) is 40.9 Å². The molecule has 1 aliphatic rings. The summed E-state index contributed by atoms with van der Waals surface area (Å²) in [5, 5.41) is 19.6. The van der Waals surface area contributed by atoms with Gasteiger partial charge in [-0.25, -0.2) is 0 Å². The summed E-state index contributed by atoms with van der Waals surface area (Å²) < 4.78 is 0. The van der Waals surface area contributed by atoms with Crippen molar-refractivity contribution >= 4 is 0 Å². The van der Waals surface area contributed by atoms with Crippen molar-refractivity contribution in [1.29, 1.82) is 0 Å². The highest BCUT2D eigenvalue weighted by Crippen LogP contribution is 2.30. The van der Waals surface area contributed by atoms with Gasteiger partial charge in [0.05, 0.1) is 12.2 Å². The Morgan fingerprint density at radius 2 is 1.94 bits per heavy atom. The maximum atomic E-state index is 10.5. The van der Waals surface area contributed by atoms with E-state index in [0.717, 1.165) is 5.56 Å². The van der Waals surface area contributed by atoms with Crippen LogP contribution in [0.5, 0.6) is 0 Å². The van der Waals surface area contributed by atoms with Crippen LogP contribution in [-0.2, 0) is 5.60 Å². The summed E-state index contributed by atoms with van der Waals surface area (Å²) in [5.74, 6) is 0. The van der Waals surface area contributed by atoms with Crippen LogP contribution < -0.4 is 0 Å².